The Morgan fingerprint density at radius 3 is 1.64 bits per heavy atom. The third-order valence-electron chi connectivity index (χ3n) is 12.0. The van der Waals surface area contributed by atoms with Gasteiger partial charge in [-0.2, -0.15) is 10.2 Å². The molecule has 2 atom stereocenters. The lowest BCUT2D eigenvalue weighted by molar-refractivity contribution is -0.138. The summed E-state index contributed by atoms with van der Waals surface area (Å²) in [5, 5.41) is 24.5. The summed E-state index contributed by atoms with van der Waals surface area (Å²) in [6.07, 6.45) is 9.72. The summed E-state index contributed by atoms with van der Waals surface area (Å²) in [5.74, 6) is 2.68. The molecule has 6 heterocycles. The summed E-state index contributed by atoms with van der Waals surface area (Å²) in [4.78, 5) is 37.9. The number of carbonyl (C=O) groups is 2. The Bertz CT molecular complexity index is 2320. The number of rotatable bonds is 10. The molecule has 0 aliphatic carbocycles. The summed E-state index contributed by atoms with van der Waals surface area (Å²) in [6.45, 7) is 17.3. The summed E-state index contributed by atoms with van der Waals surface area (Å²) >= 11 is 0. The number of aryl methyl sites for hydroxylation is 3. The van der Waals surface area contributed by atoms with Crippen LogP contribution in [0.25, 0.3) is 21.8 Å². The monoisotopic (exact) mass is 799 g/mol. The van der Waals surface area contributed by atoms with E-state index in [2.05, 4.69) is 73.3 Å². The van der Waals surface area contributed by atoms with Crippen LogP contribution in [0.3, 0.4) is 0 Å². The largest absolute Gasteiger partial charge is 0.481 e. The van der Waals surface area contributed by atoms with E-state index in [1.54, 1.807) is 25.4 Å². The summed E-state index contributed by atoms with van der Waals surface area (Å²) in [7, 11) is 0. The first-order chi connectivity index (χ1) is 28.4. The number of fused-ring (bicyclic) bond motifs is 2. The zero-order valence-corrected chi connectivity index (χ0v) is 35.5. The van der Waals surface area contributed by atoms with Gasteiger partial charge in [-0.05, 0) is 118 Å². The van der Waals surface area contributed by atoms with E-state index in [9.17, 15) is 9.59 Å². The van der Waals surface area contributed by atoms with Crippen LogP contribution in [0.5, 0.6) is 0 Å². The zero-order chi connectivity index (χ0) is 42.1. The first kappa shape index (κ1) is 43.0. The van der Waals surface area contributed by atoms with Crippen LogP contribution < -0.4 is 15.5 Å². The SMILES string of the molecule is CC(C(=O)O)c1ccc2[nH]ncc2c1.Cc1ccc(CCC(=O)C(C)c2ccc3[nH]ncc3c2)c(N2CCC(C)CC2)n1.Cc1ccc(CN)c(N2CCC(C)CC2)n1. The third-order valence-corrected chi connectivity index (χ3v) is 12.0. The second-order valence-electron chi connectivity index (χ2n) is 16.6. The number of hydrogen-bond acceptors (Lipinski definition) is 9. The van der Waals surface area contributed by atoms with Crippen LogP contribution in [0.1, 0.15) is 105 Å². The second kappa shape index (κ2) is 19.9. The minimum atomic E-state index is -0.812. The van der Waals surface area contributed by atoms with E-state index < -0.39 is 11.9 Å². The second-order valence-corrected chi connectivity index (χ2v) is 16.6. The number of aromatic amines is 2. The van der Waals surface area contributed by atoms with Gasteiger partial charge in [0.1, 0.15) is 17.4 Å². The number of anilines is 2. The van der Waals surface area contributed by atoms with E-state index in [-0.39, 0.29) is 11.7 Å². The highest BCUT2D eigenvalue weighted by Crippen LogP contribution is 2.29. The number of aromatic nitrogens is 6. The molecule has 0 saturated carbocycles. The number of carbonyl (C=O) groups excluding carboxylic acids is 1. The molecule has 6 aromatic rings. The Morgan fingerprint density at radius 1 is 0.712 bits per heavy atom. The van der Waals surface area contributed by atoms with Crippen LogP contribution in [0, 0.1) is 25.7 Å². The predicted molar refractivity (Wildman–Crippen MR) is 237 cm³/mol. The number of hydrogen-bond donors (Lipinski definition) is 4. The molecule has 2 fully saturated rings. The molecular weight excluding hydrogens is 739 g/mol. The Hall–Kier alpha value is -5.62. The number of nitrogens with one attached hydrogen (secondary N) is 2. The van der Waals surface area contributed by atoms with Crippen LogP contribution in [0.4, 0.5) is 11.6 Å². The van der Waals surface area contributed by atoms with Gasteiger partial charge in [-0.1, -0.05) is 45.0 Å². The van der Waals surface area contributed by atoms with Crippen LogP contribution in [-0.4, -0.2) is 73.4 Å². The molecule has 2 unspecified atom stereocenters. The van der Waals surface area contributed by atoms with Gasteiger partial charge in [-0.25, -0.2) is 9.97 Å². The first-order valence-electron chi connectivity index (χ1n) is 21.1. The van der Waals surface area contributed by atoms with Gasteiger partial charge in [-0.3, -0.25) is 19.8 Å². The molecule has 5 N–H and O–H groups in total. The minimum absolute atomic E-state index is 0.119. The number of nitrogens with zero attached hydrogens (tertiary/aromatic N) is 6. The number of Topliss-reactive ketones (excluding diaryl/α,β-unsaturated/α-hetero) is 1. The number of aliphatic carboxylic acids is 1. The van der Waals surface area contributed by atoms with Crippen LogP contribution in [0.2, 0.25) is 0 Å². The van der Waals surface area contributed by atoms with Crippen LogP contribution in [0.15, 0.2) is 73.1 Å². The molecule has 12 nitrogen and oxygen atoms in total. The maximum atomic E-state index is 12.9. The van der Waals surface area contributed by atoms with Crippen molar-refractivity contribution in [1.29, 1.82) is 0 Å². The molecule has 8 rings (SSSR count). The number of carboxylic acids is 1. The number of benzene rings is 2. The highest BCUT2D eigenvalue weighted by molar-refractivity contribution is 5.88. The topological polar surface area (TPSA) is 170 Å². The standard InChI is InChI=1S/C24H30N4O.C13H21N3.C10H10N2O2/c1-16-10-12-28(13-11-16)24-19(5-4-17(2)26-24)7-9-23(29)18(3)20-6-8-22-21(14-20)15-25-27-22;1-10-5-7-16(8-6-10)13-12(9-14)4-3-11(2)15-13;1-6(10(13)14)7-2-3-9-8(4-7)5-11-12-9/h4-6,8,14-16,18H,7,9-13H2,1-3H3,(H,25,27);3-4,10H,5-9,14H2,1-2H3;2-6H,1H3,(H,11,12)(H,13,14). The lowest BCUT2D eigenvalue weighted by atomic mass is 9.92. The normalized spacial score (nSPS) is 15.9. The van der Waals surface area contributed by atoms with Crippen molar-refractivity contribution in [3.8, 4) is 0 Å². The van der Waals surface area contributed by atoms with Gasteiger partial charge in [0.2, 0.25) is 0 Å². The molecule has 4 aromatic heterocycles. The number of nitrogens with two attached hydrogens (primary N) is 1. The average Bonchev–Trinajstić information content (AvgIpc) is 3.93. The van der Waals surface area contributed by atoms with Crippen LogP contribution >= 0.6 is 0 Å². The molecule has 2 aliphatic rings. The third kappa shape index (κ3) is 11.1. The Balaban J connectivity index is 0.000000164. The number of pyridine rings is 2. The van der Waals surface area contributed by atoms with E-state index in [4.69, 9.17) is 15.8 Å². The van der Waals surface area contributed by atoms with E-state index in [0.29, 0.717) is 13.0 Å². The maximum Gasteiger partial charge on any atom is 0.310 e. The molecule has 59 heavy (non-hydrogen) atoms. The van der Waals surface area contributed by atoms with Crippen molar-refractivity contribution < 1.29 is 14.7 Å². The molecule has 12 heteroatoms. The average molecular weight is 800 g/mol. The van der Waals surface area contributed by atoms with E-state index in [1.807, 2.05) is 51.1 Å². The lowest BCUT2D eigenvalue weighted by Crippen LogP contribution is -2.34. The minimum Gasteiger partial charge on any atom is -0.481 e. The number of carboxylic acid groups (broad SMARTS) is 1. The molecule has 2 aliphatic heterocycles. The summed E-state index contributed by atoms with van der Waals surface area (Å²) in [5.41, 5.74) is 14.0. The van der Waals surface area contributed by atoms with Crippen molar-refractivity contribution in [2.45, 2.75) is 98.4 Å². The van der Waals surface area contributed by atoms with Crippen molar-refractivity contribution in [3.05, 3.63) is 107 Å². The van der Waals surface area contributed by atoms with Gasteiger partial charge in [0.15, 0.2) is 0 Å². The van der Waals surface area contributed by atoms with Crippen LogP contribution in [-0.2, 0) is 22.6 Å². The van der Waals surface area contributed by atoms with Gasteiger partial charge in [-0.15, -0.1) is 0 Å². The molecular formula is C47H61N9O3. The maximum absolute atomic E-state index is 12.9. The lowest BCUT2D eigenvalue weighted by Gasteiger charge is -2.32. The zero-order valence-electron chi connectivity index (χ0n) is 35.5. The summed E-state index contributed by atoms with van der Waals surface area (Å²) < 4.78 is 0. The number of H-pyrrole nitrogens is 2. The smallest absolute Gasteiger partial charge is 0.310 e. The molecule has 0 radical (unpaired) electrons. The Kier molecular flexibility index (Phi) is 14.5. The number of piperidine rings is 2. The van der Waals surface area contributed by atoms with Crippen molar-refractivity contribution >= 4 is 45.2 Å². The van der Waals surface area contributed by atoms with Crippen molar-refractivity contribution in [2.24, 2.45) is 17.6 Å². The predicted octanol–water partition coefficient (Wildman–Crippen LogP) is 8.64. The molecule has 312 valence electrons. The van der Waals surface area contributed by atoms with Gasteiger partial charge in [0, 0.05) is 72.8 Å². The van der Waals surface area contributed by atoms with E-state index in [0.717, 1.165) is 100 Å². The molecule has 0 bridgehead atoms. The molecule has 2 saturated heterocycles. The van der Waals surface area contributed by atoms with Gasteiger partial charge < -0.3 is 20.6 Å². The molecule has 0 amide bonds. The highest BCUT2D eigenvalue weighted by Gasteiger charge is 2.22. The Morgan fingerprint density at radius 2 is 1.17 bits per heavy atom. The fourth-order valence-electron chi connectivity index (χ4n) is 7.75. The quantitative estimate of drug-likeness (QED) is 0.105. The first-order valence-corrected chi connectivity index (χ1v) is 21.1. The van der Waals surface area contributed by atoms with E-state index in [1.165, 1.54) is 36.8 Å². The highest BCUT2D eigenvalue weighted by atomic mass is 16.4. The fourth-order valence-corrected chi connectivity index (χ4v) is 7.75. The van der Waals surface area contributed by atoms with Crippen molar-refractivity contribution in [1.82, 2.24) is 30.4 Å². The Labute approximate surface area is 348 Å². The van der Waals surface area contributed by atoms with E-state index >= 15 is 0 Å². The van der Waals surface area contributed by atoms with Crippen molar-refractivity contribution in [3.63, 3.8) is 0 Å². The number of ketones is 1. The fraction of sp³-hybridized carbons (Fsp3) is 0.447. The van der Waals surface area contributed by atoms with Crippen molar-refractivity contribution in [2.75, 3.05) is 36.0 Å². The molecule has 2 aromatic carbocycles. The van der Waals surface area contributed by atoms with Gasteiger partial charge in [0.25, 0.3) is 0 Å². The molecule has 0 spiro atoms. The summed E-state index contributed by atoms with van der Waals surface area (Å²) in [6, 6.07) is 20.0. The van der Waals surface area contributed by atoms with Gasteiger partial charge >= 0.3 is 5.97 Å². The van der Waals surface area contributed by atoms with Gasteiger partial charge in [0.05, 0.1) is 29.3 Å².